The first-order valence-electron chi connectivity index (χ1n) is 8.54. The summed E-state index contributed by atoms with van der Waals surface area (Å²) in [6, 6.07) is 17.7. The molecule has 128 valence electrons. The average Bonchev–Trinajstić information content (AvgIpc) is 3.17. The number of nitrogens with zero attached hydrogens (tertiary/aromatic N) is 1. The molecular formula is C20H19NO4. The van der Waals surface area contributed by atoms with Crippen molar-refractivity contribution in [3.63, 3.8) is 0 Å². The van der Waals surface area contributed by atoms with E-state index in [1.165, 1.54) is 0 Å². The number of rotatable bonds is 4. The van der Waals surface area contributed by atoms with Crippen LogP contribution in [0.3, 0.4) is 0 Å². The Kier molecular flexibility index (Phi) is 3.69. The van der Waals surface area contributed by atoms with E-state index in [4.69, 9.17) is 0 Å². The molecule has 0 spiro atoms. The Morgan fingerprint density at radius 3 is 2.24 bits per heavy atom. The smallest absolute Gasteiger partial charge is 0.293 e. The summed E-state index contributed by atoms with van der Waals surface area (Å²) >= 11 is 0. The van der Waals surface area contributed by atoms with Crippen molar-refractivity contribution in [3.05, 3.63) is 81.9 Å². The SMILES string of the molecule is O=C(c1ccccc1)[C@]1([N+](=O)[O-])[C@@H]2C[C@@H]([C@@H](O)C2)[C@@H]1c1ccccc1. The van der Waals surface area contributed by atoms with Crippen LogP contribution in [0.2, 0.25) is 0 Å². The molecule has 0 heterocycles. The minimum Gasteiger partial charge on any atom is -0.393 e. The summed E-state index contributed by atoms with van der Waals surface area (Å²) in [5.74, 6) is -1.75. The molecule has 0 aromatic heterocycles. The number of hydrogen-bond donors (Lipinski definition) is 1. The maximum absolute atomic E-state index is 13.4. The number of carbonyl (C=O) groups excluding carboxylic acids is 1. The van der Waals surface area contributed by atoms with Crippen LogP contribution < -0.4 is 0 Å². The van der Waals surface area contributed by atoms with Crippen LogP contribution in [-0.2, 0) is 0 Å². The summed E-state index contributed by atoms with van der Waals surface area (Å²) in [5, 5.41) is 22.7. The van der Waals surface area contributed by atoms with E-state index >= 15 is 0 Å². The predicted molar refractivity (Wildman–Crippen MR) is 91.9 cm³/mol. The van der Waals surface area contributed by atoms with Gasteiger partial charge in [-0.05, 0) is 24.3 Å². The van der Waals surface area contributed by atoms with E-state index in [-0.39, 0.29) is 10.8 Å². The Morgan fingerprint density at radius 1 is 1.04 bits per heavy atom. The molecule has 5 atom stereocenters. The van der Waals surface area contributed by atoms with Gasteiger partial charge in [-0.15, -0.1) is 0 Å². The van der Waals surface area contributed by atoms with Crippen molar-refractivity contribution < 1.29 is 14.8 Å². The molecule has 5 heteroatoms. The molecule has 2 aromatic rings. The first kappa shape index (κ1) is 16.0. The number of Topliss-reactive ketones (excluding diaryl/α,β-unsaturated/α-hetero) is 1. The van der Waals surface area contributed by atoms with E-state index in [1.807, 2.05) is 30.3 Å². The highest BCUT2D eigenvalue weighted by Crippen LogP contribution is 2.61. The van der Waals surface area contributed by atoms with Crippen LogP contribution in [0, 0.1) is 22.0 Å². The highest BCUT2D eigenvalue weighted by molar-refractivity contribution is 6.03. The zero-order valence-electron chi connectivity index (χ0n) is 13.6. The fraction of sp³-hybridized carbons (Fsp3) is 0.350. The van der Waals surface area contributed by atoms with Crippen LogP contribution in [0.15, 0.2) is 60.7 Å². The molecule has 2 aliphatic carbocycles. The summed E-state index contributed by atoms with van der Waals surface area (Å²) in [7, 11) is 0. The molecule has 2 aliphatic rings. The fourth-order valence-electron chi connectivity index (χ4n) is 5.00. The van der Waals surface area contributed by atoms with E-state index in [2.05, 4.69) is 0 Å². The van der Waals surface area contributed by atoms with Crippen molar-refractivity contribution in [1.82, 2.24) is 0 Å². The summed E-state index contributed by atoms with van der Waals surface area (Å²) in [4.78, 5) is 25.3. The molecule has 2 bridgehead atoms. The summed E-state index contributed by atoms with van der Waals surface area (Å²) in [6.07, 6.45) is 0.236. The molecule has 0 unspecified atom stereocenters. The van der Waals surface area contributed by atoms with Crippen molar-refractivity contribution in [1.29, 1.82) is 0 Å². The molecular weight excluding hydrogens is 318 g/mol. The van der Waals surface area contributed by atoms with Gasteiger partial charge >= 0.3 is 0 Å². The molecule has 0 amide bonds. The number of aliphatic hydroxyl groups excluding tert-OH is 1. The lowest BCUT2D eigenvalue weighted by Crippen LogP contribution is -2.57. The molecule has 5 nitrogen and oxygen atoms in total. The number of nitro groups is 1. The van der Waals surface area contributed by atoms with Gasteiger partial charge in [-0.3, -0.25) is 14.9 Å². The standard InChI is InChI=1S/C20H19NO4/c22-17-12-15-11-16(17)18(13-7-3-1-4-8-13)20(15,21(24)25)19(23)14-9-5-2-6-10-14/h1-10,15-18,22H,11-12H2/t15-,16+,17+,18+,20+/m1/s1. The molecule has 25 heavy (non-hydrogen) atoms. The van der Waals surface area contributed by atoms with Gasteiger partial charge in [-0.25, -0.2) is 0 Å². The van der Waals surface area contributed by atoms with Gasteiger partial charge in [0.05, 0.1) is 12.0 Å². The Balaban J connectivity index is 1.90. The average molecular weight is 337 g/mol. The quantitative estimate of drug-likeness (QED) is 0.528. The lowest BCUT2D eigenvalue weighted by Gasteiger charge is -2.37. The third kappa shape index (κ3) is 2.15. The number of hydrogen-bond acceptors (Lipinski definition) is 4. The zero-order valence-corrected chi connectivity index (χ0v) is 13.6. The monoisotopic (exact) mass is 337 g/mol. The lowest BCUT2D eigenvalue weighted by molar-refractivity contribution is -0.563. The van der Waals surface area contributed by atoms with Gasteiger partial charge in [0.2, 0.25) is 5.78 Å². The number of carbonyl (C=O) groups is 1. The van der Waals surface area contributed by atoms with E-state index in [9.17, 15) is 20.0 Å². The third-order valence-corrected chi connectivity index (χ3v) is 5.96. The lowest BCUT2D eigenvalue weighted by atomic mass is 9.66. The van der Waals surface area contributed by atoms with Gasteiger partial charge in [-0.1, -0.05) is 60.7 Å². The maximum atomic E-state index is 13.4. The second kappa shape index (κ2) is 5.77. The molecule has 1 N–H and O–H groups in total. The maximum Gasteiger partial charge on any atom is 0.293 e. The van der Waals surface area contributed by atoms with Crippen LogP contribution in [-0.4, -0.2) is 27.5 Å². The van der Waals surface area contributed by atoms with Crippen LogP contribution in [0.4, 0.5) is 0 Å². The highest BCUT2D eigenvalue weighted by atomic mass is 16.6. The second-order valence-electron chi connectivity index (χ2n) is 7.07. The van der Waals surface area contributed by atoms with Gasteiger partial charge in [0.1, 0.15) is 0 Å². The Labute approximate surface area is 145 Å². The molecule has 2 aromatic carbocycles. The predicted octanol–water partition coefficient (Wildman–Crippen LogP) is 3.07. The first-order chi connectivity index (χ1) is 12.1. The molecule has 0 saturated heterocycles. The fourth-order valence-corrected chi connectivity index (χ4v) is 5.00. The van der Waals surface area contributed by atoms with E-state index < -0.39 is 29.3 Å². The minimum absolute atomic E-state index is 0.259. The van der Waals surface area contributed by atoms with Gasteiger partial charge in [-0.2, -0.15) is 0 Å². The van der Waals surface area contributed by atoms with Crippen LogP contribution in [0.1, 0.15) is 34.7 Å². The van der Waals surface area contributed by atoms with Crippen LogP contribution in [0.25, 0.3) is 0 Å². The number of ketones is 1. The zero-order chi connectivity index (χ0) is 17.6. The third-order valence-electron chi connectivity index (χ3n) is 5.96. The first-order valence-corrected chi connectivity index (χ1v) is 8.54. The van der Waals surface area contributed by atoms with Gasteiger partial charge in [0, 0.05) is 16.4 Å². The van der Waals surface area contributed by atoms with Crippen LogP contribution in [0.5, 0.6) is 0 Å². The van der Waals surface area contributed by atoms with Crippen molar-refractivity contribution in [3.8, 4) is 0 Å². The van der Waals surface area contributed by atoms with Crippen molar-refractivity contribution in [2.75, 3.05) is 0 Å². The van der Waals surface area contributed by atoms with Gasteiger partial charge in [0.25, 0.3) is 5.54 Å². The molecule has 0 aliphatic heterocycles. The van der Waals surface area contributed by atoms with Gasteiger partial charge in [0.15, 0.2) is 0 Å². The van der Waals surface area contributed by atoms with Crippen LogP contribution >= 0.6 is 0 Å². The molecule has 2 saturated carbocycles. The normalized spacial score (nSPS) is 33.3. The number of aliphatic hydroxyl groups is 1. The second-order valence-corrected chi connectivity index (χ2v) is 7.07. The van der Waals surface area contributed by atoms with Crippen molar-refractivity contribution >= 4 is 5.78 Å². The van der Waals surface area contributed by atoms with Gasteiger partial charge < -0.3 is 5.11 Å². The Bertz CT molecular complexity index is 807. The van der Waals surface area contributed by atoms with E-state index in [1.54, 1.807) is 30.3 Å². The summed E-state index contributed by atoms with van der Waals surface area (Å²) < 4.78 is 0. The van der Waals surface area contributed by atoms with Crippen molar-refractivity contribution in [2.24, 2.45) is 11.8 Å². The topological polar surface area (TPSA) is 80.4 Å². The summed E-state index contributed by atoms with van der Waals surface area (Å²) in [5.41, 5.74) is -0.580. The summed E-state index contributed by atoms with van der Waals surface area (Å²) in [6.45, 7) is 0. The number of benzene rings is 2. The Morgan fingerprint density at radius 2 is 1.64 bits per heavy atom. The van der Waals surface area contributed by atoms with E-state index in [0.717, 1.165) is 5.56 Å². The number of fused-ring (bicyclic) bond motifs is 2. The molecule has 0 radical (unpaired) electrons. The van der Waals surface area contributed by atoms with E-state index in [0.29, 0.717) is 18.4 Å². The largest absolute Gasteiger partial charge is 0.393 e. The molecule has 4 rings (SSSR count). The minimum atomic E-state index is -1.70. The Hall–Kier alpha value is -2.53. The highest BCUT2D eigenvalue weighted by Gasteiger charge is 2.73. The van der Waals surface area contributed by atoms with Crippen molar-refractivity contribution in [2.45, 2.75) is 30.4 Å². The molecule has 2 fully saturated rings.